The minimum absolute atomic E-state index is 0.0121. The number of rotatable bonds is 4. The number of nitrogens with one attached hydrogen (secondary N) is 1. The topological polar surface area (TPSA) is 96.5 Å². The van der Waals surface area contributed by atoms with Gasteiger partial charge in [0.2, 0.25) is 0 Å². The van der Waals surface area contributed by atoms with Crippen LogP contribution in [0, 0.1) is 18.3 Å². The predicted molar refractivity (Wildman–Crippen MR) is 90.4 cm³/mol. The zero-order chi connectivity index (χ0) is 16.9. The normalized spacial score (nSPS) is 11.1. The number of carbonyl (C=O) groups excluding carboxylic acids is 1. The molecule has 1 N–H and O–H groups in total. The third-order valence-electron chi connectivity index (χ3n) is 3.22. The van der Waals surface area contributed by atoms with Crippen LogP contribution in [0.1, 0.15) is 11.1 Å². The number of benzene rings is 1. The molecule has 1 aromatic carbocycles. The van der Waals surface area contributed by atoms with Gasteiger partial charge in [0, 0.05) is 11.6 Å². The van der Waals surface area contributed by atoms with Crippen molar-refractivity contribution < 1.29 is 4.79 Å². The number of carbonyl (C=O) groups is 1. The van der Waals surface area contributed by atoms with Crippen molar-refractivity contribution in [1.82, 2.24) is 19.7 Å². The summed E-state index contributed by atoms with van der Waals surface area (Å²) >= 11 is 1.29. The third kappa shape index (κ3) is 3.37. The second-order valence-corrected chi connectivity index (χ2v) is 5.74. The van der Waals surface area contributed by atoms with Gasteiger partial charge in [0.15, 0.2) is 5.13 Å². The predicted octanol–water partition coefficient (Wildman–Crippen LogP) is 2.58. The Labute approximate surface area is 141 Å². The number of nitrogens with zero attached hydrogens (tertiary/aromatic N) is 5. The molecule has 3 rings (SSSR count). The SMILES string of the molecule is Cc1cc(C=C(C#N)C(=O)Nc2nccs2)ccc1-n1cncn1. The van der Waals surface area contributed by atoms with Gasteiger partial charge >= 0.3 is 0 Å². The Morgan fingerprint density at radius 2 is 2.33 bits per heavy atom. The molecule has 3 aromatic rings. The molecular weight excluding hydrogens is 324 g/mol. The molecule has 0 unspecified atom stereocenters. The highest BCUT2D eigenvalue weighted by molar-refractivity contribution is 7.13. The van der Waals surface area contributed by atoms with E-state index in [0.717, 1.165) is 16.8 Å². The number of hydrogen-bond donors (Lipinski definition) is 1. The van der Waals surface area contributed by atoms with Crippen LogP contribution in [-0.2, 0) is 4.79 Å². The van der Waals surface area contributed by atoms with Crippen molar-refractivity contribution in [2.45, 2.75) is 6.92 Å². The molecule has 2 aromatic heterocycles. The van der Waals surface area contributed by atoms with E-state index in [4.69, 9.17) is 0 Å². The van der Waals surface area contributed by atoms with Gasteiger partial charge in [-0.3, -0.25) is 10.1 Å². The minimum atomic E-state index is -0.481. The van der Waals surface area contributed by atoms with E-state index in [9.17, 15) is 10.1 Å². The van der Waals surface area contributed by atoms with E-state index in [1.54, 1.807) is 28.7 Å². The van der Waals surface area contributed by atoms with Crippen molar-refractivity contribution in [3.63, 3.8) is 0 Å². The van der Waals surface area contributed by atoms with E-state index in [-0.39, 0.29) is 5.57 Å². The highest BCUT2D eigenvalue weighted by atomic mass is 32.1. The average molecular weight is 336 g/mol. The summed E-state index contributed by atoms with van der Waals surface area (Å²) in [7, 11) is 0. The number of aryl methyl sites for hydroxylation is 1. The Hall–Kier alpha value is -3.31. The Bertz CT molecular complexity index is 922. The molecule has 24 heavy (non-hydrogen) atoms. The number of anilines is 1. The van der Waals surface area contributed by atoms with Crippen LogP contribution >= 0.6 is 11.3 Å². The van der Waals surface area contributed by atoms with Crippen LogP contribution in [0.2, 0.25) is 0 Å². The zero-order valence-electron chi connectivity index (χ0n) is 12.7. The van der Waals surface area contributed by atoms with Gasteiger partial charge in [0.25, 0.3) is 5.91 Å². The highest BCUT2D eigenvalue weighted by Crippen LogP contribution is 2.18. The lowest BCUT2D eigenvalue weighted by Gasteiger charge is -2.06. The van der Waals surface area contributed by atoms with E-state index < -0.39 is 5.91 Å². The maximum Gasteiger partial charge on any atom is 0.268 e. The first-order valence-electron chi connectivity index (χ1n) is 6.95. The highest BCUT2D eigenvalue weighted by Gasteiger charge is 2.11. The maximum atomic E-state index is 12.1. The molecule has 0 saturated heterocycles. The standard InChI is InChI=1S/C16H12N6OS/c1-11-6-12(2-3-14(11)22-10-18-9-20-22)7-13(8-17)15(23)21-16-19-4-5-24-16/h2-7,9-10H,1H3,(H,19,21,23). The molecule has 0 atom stereocenters. The second kappa shape index (κ2) is 6.85. The van der Waals surface area contributed by atoms with E-state index >= 15 is 0 Å². The molecule has 8 heteroatoms. The molecule has 0 radical (unpaired) electrons. The summed E-state index contributed by atoms with van der Waals surface area (Å²) in [5.41, 5.74) is 2.60. The van der Waals surface area contributed by atoms with Gasteiger partial charge < -0.3 is 0 Å². The Morgan fingerprint density at radius 1 is 1.46 bits per heavy atom. The van der Waals surface area contributed by atoms with E-state index in [0.29, 0.717) is 5.13 Å². The van der Waals surface area contributed by atoms with Crippen LogP contribution in [0.4, 0.5) is 5.13 Å². The molecule has 0 bridgehead atoms. The summed E-state index contributed by atoms with van der Waals surface area (Å²) in [6, 6.07) is 7.48. The van der Waals surface area contributed by atoms with Crippen molar-refractivity contribution in [1.29, 1.82) is 5.26 Å². The summed E-state index contributed by atoms with van der Waals surface area (Å²) in [4.78, 5) is 20.0. The summed E-state index contributed by atoms with van der Waals surface area (Å²) in [5, 5.41) is 18.1. The number of thiazole rings is 1. The Balaban J connectivity index is 1.85. The minimum Gasteiger partial charge on any atom is -0.297 e. The molecule has 1 amide bonds. The van der Waals surface area contributed by atoms with Crippen molar-refractivity contribution in [3.8, 4) is 11.8 Å². The molecule has 7 nitrogen and oxygen atoms in total. The lowest BCUT2D eigenvalue weighted by molar-refractivity contribution is -0.112. The fourth-order valence-corrected chi connectivity index (χ4v) is 2.65. The molecule has 0 saturated carbocycles. The summed E-state index contributed by atoms with van der Waals surface area (Å²) < 4.78 is 1.66. The second-order valence-electron chi connectivity index (χ2n) is 4.85. The smallest absolute Gasteiger partial charge is 0.268 e. The number of aromatic nitrogens is 4. The number of amides is 1. The quantitative estimate of drug-likeness (QED) is 0.583. The number of nitriles is 1. The van der Waals surface area contributed by atoms with Crippen LogP contribution in [0.25, 0.3) is 11.8 Å². The van der Waals surface area contributed by atoms with Crippen LogP contribution in [0.15, 0.2) is 48.0 Å². The first-order valence-corrected chi connectivity index (χ1v) is 7.83. The van der Waals surface area contributed by atoms with Gasteiger partial charge in [0.1, 0.15) is 24.3 Å². The van der Waals surface area contributed by atoms with Crippen molar-refractivity contribution in [2.24, 2.45) is 0 Å². The summed E-state index contributed by atoms with van der Waals surface area (Å²) in [5.74, 6) is -0.481. The molecular formula is C16H12N6OS. The van der Waals surface area contributed by atoms with E-state index in [1.807, 2.05) is 31.2 Å². The fraction of sp³-hybridized carbons (Fsp3) is 0.0625. The van der Waals surface area contributed by atoms with Gasteiger partial charge in [-0.2, -0.15) is 10.4 Å². The van der Waals surface area contributed by atoms with Crippen molar-refractivity contribution in [3.05, 3.63) is 59.1 Å². The van der Waals surface area contributed by atoms with Crippen LogP contribution in [0.5, 0.6) is 0 Å². The Morgan fingerprint density at radius 3 is 2.96 bits per heavy atom. The lowest BCUT2D eigenvalue weighted by Crippen LogP contribution is -2.13. The largest absolute Gasteiger partial charge is 0.297 e. The van der Waals surface area contributed by atoms with E-state index in [2.05, 4.69) is 20.4 Å². The molecule has 0 aliphatic heterocycles. The van der Waals surface area contributed by atoms with E-state index in [1.165, 1.54) is 17.7 Å². The summed E-state index contributed by atoms with van der Waals surface area (Å²) in [6.45, 7) is 1.93. The van der Waals surface area contributed by atoms with Gasteiger partial charge in [-0.05, 0) is 36.3 Å². The van der Waals surface area contributed by atoms with Gasteiger partial charge in [-0.1, -0.05) is 6.07 Å². The zero-order valence-corrected chi connectivity index (χ0v) is 13.5. The summed E-state index contributed by atoms with van der Waals surface area (Å²) in [6.07, 6.45) is 6.20. The van der Waals surface area contributed by atoms with Crippen molar-refractivity contribution in [2.75, 3.05) is 5.32 Å². The molecule has 2 heterocycles. The molecule has 0 fully saturated rings. The monoisotopic (exact) mass is 336 g/mol. The van der Waals surface area contributed by atoms with Gasteiger partial charge in [-0.15, -0.1) is 11.3 Å². The van der Waals surface area contributed by atoms with Crippen LogP contribution in [-0.4, -0.2) is 25.7 Å². The van der Waals surface area contributed by atoms with Gasteiger partial charge in [-0.25, -0.2) is 14.6 Å². The van der Waals surface area contributed by atoms with Crippen LogP contribution < -0.4 is 5.32 Å². The molecule has 0 aliphatic carbocycles. The third-order valence-corrected chi connectivity index (χ3v) is 3.90. The first-order chi connectivity index (χ1) is 11.7. The Kier molecular flexibility index (Phi) is 4.45. The average Bonchev–Trinajstić information content (AvgIpc) is 3.26. The first kappa shape index (κ1) is 15.6. The maximum absolute atomic E-state index is 12.1. The molecule has 0 spiro atoms. The lowest BCUT2D eigenvalue weighted by atomic mass is 10.1. The molecule has 0 aliphatic rings. The van der Waals surface area contributed by atoms with Crippen LogP contribution in [0.3, 0.4) is 0 Å². The van der Waals surface area contributed by atoms with Gasteiger partial charge in [0.05, 0.1) is 5.69 Å². The fourth-order valence-electron chi connectivity index (χ4n) is 2.12. The van der Waals surface area contributed by atoms with Crippen molar-refractivity contribution >= 4 is 28.5 Å². The number of hydrogen-bond acceptors (Lipinski definition) is 6. The molecule has 118 valence electrons.